The van der Waals surface area contributed by atoms with Crippen LogP contribution >= 0.6 is 0 Å². The second kappa shape index (κ2) is 7.52. The van der Waals surface area contributed by atoms with Crippen LogP contribution in [0.15, 0.2) is 30.3 Å². The molecule has 0 heterocycles. The van der Waals surface area contributed by atoms with E-state index in [2.05, 4.69) is 42.7 Å². The van der Waals surface area contributed by atoms with Gasteiger partial charge in [0.2, 0.25) is 0 Å². The number of aliphatic hydroxyl groups is 1. The summed E-state index contributed by atoms with van der Waals surface area (Å²) in [5.41, 5.74) is 9.41. The first-order valence-corrected chi connectivity index (χ1v) is 9.41. The monoisotopic (exact) mass is 332 g/mol. The Balaban J connectivity index is 1.61. The van der Waals surface area contributed by atoms with Gasteiger partial charge in [0, 0.05) is 12.0 Å². The zero-order valence-electron chi connectivity index (χ0n) is 14.8. The third-order valence-electron chi connectivity index (χ3n) is 6.62. The van der Waals surface area contributed by atoms with Gasteiger partial charge in [0.1, 0.15) is 0 Å². The van der Waals surface area contributed by atoms with Gasteiger partial charge in [0.25, 0.3) is 0 Å². The Morgan fingerprint density at radius 3 is 2.79 bits per heavy atom. The van der Waals surface area contributed by atoms with Gasteiger partial charge in [-0.05, 0) is 62.5 Å². The second-order valence-electron chi connectivity index (χ2n) is 7.87. The van der Waals surface area contributed by atoms with Crippen LogP contribution in [0.2, 0.25) is 0 Å². The molecule has 4 N–H and O–H groups in total. The first kappa shape index (κ1) is 17.9. The van der Waals surface area contributed by atoms with E-state index in [0.717, 1.165) is 45.1 Å². The topological polar surface area (TPSA) is 67.5 Å². The largest absolute Gasteiger partial charge is 0.389 e. The summed E-state index contributed by atoms with van der Waals surface area (Å²) in [7, 11) is 0. The molecule has 0 bridgehead atoms. The molecule has 1 aromatic carbocycles. The Bertz CT molecular complexity index is 524. The zero-order valence-corrected chi connectivity index (χ0v) is 14.8. The van der Waals surface area contributed by atoms with E-state index >= 15 is 0 Å². The van der Waals surface area contributed by atoms with Crippen molar-refractivity contribution >= 4 is 0 Å². The van der Waals surface area contributed by atoms with Crippen molar-refractivity contribution in [2.24, 2.45) is 17.1 Å². The molecule has 2 aliphatic rings. The van der Waals surface area contributed by atoms with Crippen LogP contribution in [0.4, 0.5) is 0 Å². The number of hydrogen-bond acceptors (Lipinski definition) is 4. The second-order valence-corrected chi connectivity index (χ2v) is 7.87. The van der Waals surface area contributed by atoms with Crippen molar-refractivity contribution < 1.29 is 9.94 Å². The van der Waals surface area contributed by atoms with E-state index in [4.69, 9.17) is 10.6 Å². The van der Waals surface area contributed by atoms with Gasteiger partial charge in [0.15, 0.2) is 0 Å². The van der Waals surface area contributed by atoms with Gasteiger partial charge in [-0.3, -0.25) is 0 Å². The van der Waals surface area contributed by atoms with Gasteiger partial charge in [-0.2, -0.15) is 0 Å². The lowest BCUT2D eigenvalue weighted by atomic mass is 9.59. The van der Waals surface area contributed by atoms with Crippen molar-refractivity contribution in [3.05, 3.63) is 35.9 Å². The minimum absolute atomic E-state index is 0.0114. The molecule has 24 heavy (non-hydrogen) atoms. The van der Waals surface area contributed by atoms with Crippen molar-refractivity contribution in [1.29, 1.82) is 0 Å². The number of hydrogen-bond donors (Lipinski definition) is 3. The fourth-order valence-corrected chi connectivity index (χ4v) is 4.88. The predicted octanol–water partition coefficient (Wildman–Crippen LogP) is 2.97. The quantitative estimate of drug-likeness (QED) is 0.530. The highest BCUT2D eigenvalue weighted by Gasteiger charge is 2.58. The molecule has 0 spiro atoms. The number of hydroxylamine groups is 1. The normalized spacial score (nSPS) is 35.8. The molecule has 0 radical (unpaired) electrons. The highest BCUT2D eigenvalue weighted by Crippen LogP contribution is 2.60. The summed E-state index contributed by atoms with van der Waals surface area (Å²) in [5.74, 6) is 0.953. The molecular weight excluding hydrogens is 300 g/mol. The third kappa shape index (κ3) is 3.38. The predicted molar refractivity (Wildman–Crippen MR) is 96.4 cm³/mol. The van der Waals surface area contributed by atoms with Gasteiger partial charge in [-0.25, -0.2) is 5.48 Å². The van der Waals surface area contributed by atoms with Crippen LogP contribution in [0.5, 0.6) is 0 Å². The molecule has 0 saturated heterocycles. The molecule has 2 fully saturated rings. The number of nitrogens with two attached hydrogens (primary N) is 1. The number of rotatable bonds is 7. The van der Waals surface area contributed by atoms with E-state index < -0.39 is 5.60 Å². The van der Waals surface area contributed by atoms with Crippen LogP contribution in [-0.2, 0) is 4.84 Å². The van der Waals surface area contributed by atoms with E-state index in [9.17, 15) is 5.11 Å². The first-order chi connectivity index (χ1) is 11.6. The summed E-state index contributed by atoms with van der Waals surface area (Å²) in [4.78, 5) is 5.47. The fraction of sp³-hybridized carbons (Fsp3) is 0.700. The van der Waals surface area contributed by atoms with E-state index in [-0.39, 0.29) is 5.41 Å². The van der Waals surface area contributed by atoms with Gasteiger partial charge in [-0.15, -0.1) is 0 Å². The van der Waals surface area contributed by atoms with E-state index in [1.165, 1.54) is 5.56 Å². The lowest BCUT2D eigenvalue weighted by molar-refractivity contribution is -0.109. The number of nitrogens with one attached hydrogen (secondary N) is 1. The minimum atomic E-state index is -0.546. The van der Waals surface area contributed by atoms with Crippen molar-refractivity contribution in [3.8, 4) is 0 Å². The molecule has 4 heteroatoms. The lowest BCUT2D eigenvalue weighted by Crippen LogP contribution is -2.50. The zero-order chi connectivity index (χ0) is 17.0. The summed E-state index contributed by atoms with van der Waals surface area (Å²) in [5, 5.41) is 11.4. The smallest absolute Gasteiger partial charge is 0.0710 e. The number of benzene rings is 1. The SMILES string of the molecule is C[C@]12CC[C@H](c3ccccc3)C[C@@]1(O)CC[C@@H]2CNOCCCN. The molecule has 134 valence electrons. The average Bonchev–Trinajstić information content (AvgIpc) is 2.86. The van der Waals surface area contributed by atoms with Gasteiger partial charge in [-0.1, -0.05) is 37.3 Å². The maximum absolute atomic E-state index is 11.4. The van der Waals surface area contributed by atoms with Crippen molar-refractivity contribution in [2.75, 3.05) is 19.7 Å². The van der Waals surface area contributed by atoms with Gasteiger partial charge in [0.05, 0.1) is 12.2 Å². The first-order valence-electron chi connectivity index (χ1n) is 9.41. The van der Waals surface area contributed by atoms with Crippen LogP contribution < -0.4 is 11.2 Å². The lowest BCUT2D eigenvalue weighted by Gasteiger charge is -2.49. The summed E-state index contributed by atoms with van der Waals surface area (Å²) in [6.45, 7) is 4.41. The standard InChI is InChI=1S/C20H32N2O2/c1-19-10-8-17(16-6-3-2-4-7-16)14-20(19,23)11-9-18(19)15-22-24-13-5-12-21/h2-4,6-7,17-18,22-23H,5,8-15,21H2,1H3/t17-,18+,19+,20-/m0/s1. The minimum Gasteiger partial charge on any atom is -0.389 e. The van der Waals surface area contributed by atoms with Gasteiger partial charge < -0.3 is 15.7 Å². The molecule has 2 aliphatic carbocycles. The fourth-order valence-electron chi connectivity index (χ4n) is 4.88. The summed E-state index contributed by atoms with van der Waals surface area (Å²) in [6.07, 6.45) is 5.98. The molecule has 2 saturated carbocycles. The number of fused-ring (bicyclic) bond motifs is 1. The van der Waals surface area contributed by atoms with Crippen LogP contribution in [0, 0.1) is 11.3 Å². The van der Waals surface area contributed by atoms with E-state index in [1.807, 2.05) is 0 Å². The Labute approximate surface area is 145 Å². The highest BCUT2D eigenvalue weighted by molar-refractivity contribution is 5.23. The van der Waals surface area contributed by atoms with E-state index in [0.29, 0.717) is 25.0 Å². The maximum atomic E-state index is 11.4. The third-order valence-corrected chi connectivity index (χ3v) is 6.62. The van der Waals surface area contributed by atoms with Crippen molar-refractivity contribution in [2.45, 2.75) is 57.0 Å². The molecule has 0 amide bonds. The summed E-state index contributed by atoms with van der Waals surface area (Å²) < 4.78 is 0. The summed E-state index contributed by atoms with van der Waals surface area (Å²) >= 11 is 0. The van der Waals surface area contributed by atoms with Crippen LogP contribution in [0.1, 0.15) is 56.9 Å². The average molecular weight is 332 g/mol. The molecule has 1 aromatic rings. The van der Waals surface area contributed by atoms with E-state index in [1.54, 1.807) is 0 Å². The Morgan fingerprint density at radius 1 is 1.25 bits per heavy atom. The summed E-state index contributed by atoms with van der Waals surface area (Å²) in [6, 6.07) is 10.7. The van der Waals surface area contributed by atoms with Crippen LogP contribution in [0.3, 0.4) is 0 Å². The molecule has 4 atom stereocenters. The molecule has 3 rings (SSSR count). The van der Waals surface area contributed by atoms with Gasteiger partial charge >= 0.3 is 0 Å². The van der Waals surface area contributed by atoms with Crippen LogP contribution in [0.25, 0.3) is 0 Å². The molecule has 0 aliphatic heterocycles. The van der Waals surface area contributed by atoms with Crippen molar-refractivity contribution in [1.82, 2.24) is 5.48 Å². The molecule has 0 aromatic heterocycles. The highest BCUT2D eigenvalue weighted by atomic mass is 16.6. The molecule has 0 unspecified atom stereocenters. The van der Waals surface area contributed by atoms with Crippen LogP contribution in [-0.4, -0.2) is 30.4 Å². The maximum Gasteiger partial charge on any atom is 0.0710 e. The van der Waals surface area contributed by atoms with Crippen molar-refractivity contribution in [3.63, 3.8) is 0 Å². The Kier molecular flexibility index (Phi) is 5.60. The molecular formula is C20H32N2O2. The Morgan fingerprint density at radius 2 is 2.04 bits per heavy atom. The molecule has 4 nitrogen and oxygen atoms in total. The Hall–Kier alpha value is -0.940.